The second-order valence-electron chi connectivity index (χ2n) is 8.71. The molecule has 0 spiro atoms. The van der Waals surface area contributed by atoms with Crippen LogP contribution < -0.4 is 0 Å². The molecule has 1 fully saturated rings. The van der Waals surface area contributed by atoms with Gasteiger partial charge in [-0.15, -0.1) is 0 Å². The molecule has 1 aliphatic heterocycles. The average Bonchev–Trinajstić information content (AvgIpc) is 2.90. The second-order valence-corrected chi connectivity index (χ2v) is 13.5. The van der Waals surface area contributed by atoms with Crippen molar-refractivity contribution < 1.29 is 19.1 Å². The molecule has 1 saturated heterocycles. The number of carboxylic acids is 1. The van der Waals surface area contributed by atoms with Crippen molar-refractivity contribution >= 4 is 20.6 Å². The number of hydrogen-bond donors (Lipinski definition) is 1. The highest BCUT2D eigenvalue weighted by Gasteiger charge is 2.46. The summed E-state index contributed by atoms with van der Waals surface area (Å²) in [5.41, 5.74) is 1.01. The summed E-state index contributed by atoms with van der Waals surface area (Å²) in [6, 6.07) is 8.61. The summed E-state index contributed by atoms with van der Waals surface area (Å²) in [6.45, 7) is 11.8. The minimum Gasteiger partial charge on any atom is -0.480 e. The number of nitrogens with zero attached hydrogens (tertiary/aromatic N) is 1. The highest BCUT2D eigenvalue weighted by Crippen LogP contribution is 2.38. The first-order valence-corrected chi connectivity index (χ1v) is 12.1. The Kier molecular flexibility index (Phi) is 6.42. The van der Waals surface area contributed by atoms with E-state index in [1.54, 1.807) is 0 Å². The molecule has 0 bridgehead atoms. The van der Waals surface area contributed by atoms with Gasteiger partial charge in [0.25, 0.3) is 0 Å². The van der Waals surface area contributed by atoms with Gasteiger partial charge in [-0.25, -0.2) is 0 Å². The van der Waals surface area contributed by atoms with Gasteiger partial charge in [0.15, 0.2) is 8.32 Å². The first kappa shape index (κ1) is 20.8. The SMILES string of the molecule is CC(C)(C)[Si](C)(C)OC[C@@H]1C[C@H](C(=O)O)N(Cc2ccccc2)[C@H]1C=O. The van der Waals surface area contributed by atoms with Crippen LogP contribution in [-0.4, -0.2) is 49.3 Å². The lowest BCUT2D eigenvalue weighted by Gasteiger charge is -2.37. The first-order valence-electron chi connectivity index (χ1n) is 9.18. The summed E-state index contributed by atoms with van der Waals surface area (Å²) < 4.78 is 6.30. The van der Waals surface area contributed by atoms with E-state index >= 15 is 0 Å². The molecule has 1 aromatic carbocycles. The largest absolute Gasteiger partial charge is 0.480 e. The Morgan fingerprint density at radius 3 is 2.42 bits per heavy atom. The summed E-state index contributed by atoms with van der Waals surface area (Å²) in [5.74, 6) is -0.964. The van der Waals surface area contributed by atoms with Crippen LogP contribution in [0.3, 0.4) is 0 Å². The molecule has 0 aromatic heterocycles. The fourth-order valence-electron chi connectivity index (χ4n) is 3.18. The van der Waals surface area contributed by atoms with Gasteiger partial charge in [0, 0.05) is 19.1 Å². The number of aldehydes is 1. The number of aliphatic carboxylic acids is 1. The monoisotopic (exact) mass is 377 g/mol. The van der Waals surface area contributed by atoms with Crippen LogP contribution in [0.1, 0.15) is 32.8 Å². The molecular weight excluding hydrogens is 346 g/mol. The number of carbonyl (C=O) groups is 2. The second kappa shape index (κ2) is 8.02. The summed E-state index contributed by atoms with van der Waals surface area (Å²) in [6.07, 6.45) is 1.34. The molecule has 26 heavy (non-hydrogen) atoms. The normalized spacial score (nSPS) is 24.6. The van der Waals surface area contributed by atoms with Crippen molar-refractivity contribution in [3.8, 4) is 0 Å². The minimum atomic E-state index is -1.94. The van der Waals surface area contributed by atoms with Crippen LogP contribution in [0.15, 0.2) is 30.3 Å². The Morgan fingerprint density at radius 1 is 1.31 bits per heavy atom. The molecule has 1 N–H and O–H groups in total. The summed E-state index contributed by atoms with van der Waals surface area (Å²) in [5, 5.41) is 9.74. The van der Waals surface area contributed by atoms with E-state index in [1.807, 2.05) is 35.2 Å². The number of benzene rings is 1. The maximum absolute atomic E-state index is 11.8. The molecule has 5 nitrogen and oxygen atoms in total. The third-order valence-electron chi connectivity index (χ3n) is 5.89. The van der Waals surface area contributed by atoms with Crippen LogP contribution in [-0.2, 0) is 20.6 Å². The smallest absolute Gasteiger partial charge is 0.320 e. The molecule has 3 atom stereocenters. The molecule has 0 radical (unpaired) electrons. The molecule has 1 aromatic rings. The van der Waals surface area contributed by atoms with E-state index in [0.717, 1.165) is 11.8 Å². The van der Waals surface area contributed by atoms with E-state index in [2.05, 4.69) is 33.9 Å². The summed E-state index contributed by atoms with van der Waals surface area (Å²) in [4.78, 5) is 25.4. The molecule has 0 amide bonds. The van der Waals surface area contributed by atoms with Crippen LogP contribution >= 0.6 is 0 Å². The van der Waals surface area contributed by atoms with E-state index in [9.17, 15) is 14.7 Å². The van der Waals surface area contributed by atoms with Gasteiger partial charge in [-0.05, 0) is 30.1 Å². The van der Waals surface area contributed by atoms with Gasteiger partial charge < -0.3 is 14.3 Å². The standard InChI is InChI=1S/C20H31NO4Si/c1-20(2,3)26(4,5)25-14-16-11-17(19(23)24)21(18(16)13-22)12-15-9-7-6-8-10-15/h6-10,13,16-18H,11-12,14H2,1-5H3,(H,23,24)/t16-,17+,18-/m0/s1. The lowest BCUT2D eigenvalue weighted by atomic mass is 10.0. The Labute approximate surface area is 157 Å². The maximum atomic E-state index is 11.8. The Balaban J connectivity index is 2.16. The lowest BCUT2D eigenvalue weighted by Crippen LogP contribution is -2.44. The van der Waals surface area contributed by atoms with Crippen molar-refractivity contribution in [3.63, 3.8) is 0 Å². The summed E-state index contributed by atoms with van der Waals surface area (Å²) in [7, 11) is -1.94. The Hall–Kier alpha value is -1.50. The highest BCUT2D eigenvalue weighted by atomic mass is 28.4. The van der Waals surface area contributed by atoms with Crippen LogP contribution in [0, 0.1) is 5.92 Å². The Morgan fingerprint density at radius 2 is 1.92 bits per heavy atom. The van der Waals surface area contributed by atoms with Crippen molar-refractivity contribution in [2.24, 2.45) is 5.92 Å². The van der Waals surface area contributed by atoms with Gasteiger partial charge in [0.2, 0.25) is 0 Å². The van der Waals surface area contributed by atoms with Gasteiger partial charge in [0.05, 0.1) is 6.04 Å². The molecule has 144 valence electrons. The van der Waals surface area contributed by atoms with Gasteiger partial charge in [-0.1, -0.05) is 51.1 Å². The van der Waals surface area contributed by atoms with Crippen molar-refractivity contribution in [2.75, 3.05) is 6.61 Å². The first-order chi connectivity index (χ1) is 12.1. The predicted octanol–water partition coefficient (Wildman–Crippen LogP) is 3.55. The summed E-state index contributed by atoms with van der Waals surface area (Å²) >= 11 is 0. The van der Waals surface area contributed by atoms with E-state index in [-0.39, 0.29) is 11.0 Å². The maximum Gasteiger partial charge on any atom is 0.320 e. The van der Waals surface area contributed by atoms with Gasteiger partial charge in [0.1, 0.15) is 12.3 Å². The zero-order valence-corrected chi connectivity index (χ0v) is 17.4. The molecule has 0 saturated carbocycles. The number of rotatable bonds is 7. The molecule has 2 rings (SSSR count). The lowest BCUT2D eigenvalue weighted by molar-refractivity contribution is -0.143. The van der Waals surface area contributed by atoms with E-state index in [4.69, 9.17) is 4.43 Å². The number of hydrogen-bond acceptors (Lipinski definition) is 4. The molecule has 0 aliphatic carbocycles. The fraction of sp³-hybridized carbons (Fsp3) is 0.600. The third kappa shape index (κ3) is 4.61. The average molecular weight is 378 g/mol. The number of carbonyl (C=O) groups excluding carboxylic acids is 1. The van der Waals surface area contributed by atoms with Crippen LogP contribution in [0.2, 0.25) is 18.1 Å². The quantitative estimate of drug-likeness (QED) is 0.581. The van der Waals surface area contributed by atoms with Crippen LogP contribution in [0.25, 0.3) is 0 Å². The van der Waals surface area contributed by atoms with Crippen molar-refractivity contribution in [1.29, 1.82) is 0 Å². The Bertz CT molecular complexity index is 626. The molecule has 1 heterocycles. The molecule has 1 aliphatic rings. The minimum absolute atomic E-state index is 0.0816. The molecule has 0 unspecified atom stereocenters. The highest BCUT2D eigenvalue weighted by molar-refractivity contribution is 6.74. The molecule has 6 heteroatoms. The number of carboxylic acid groups (broad SMARTS) is 1. The van der Waals surface area contributed by atoms with Gasteiger partial charge >= 0.3 is 5.97 Å². The molecular formula is C20H31NO4Si. The van der Waals surface area contributed by atoms with Crippen molar-refractivity contribution in [2.45, 2.75) is 64.0 Å². The van der Waals surface area contributed by atoms with Crippen molar-refractivity contribution in [3.05, 3.63) is 35.9 Å². The predicted molar refractivity (Wildman–Crippen MR) is 105 cm³/mol. The van der Waals surface area contributed by atoms with Gasteiger partial charge in [-0.3, -0.25) is 9.69 Å². The van der Waals surface area contributed by atoms with Crippen LogP contribution in [0.5, 0.6) is 0 Å². The van der Waals surface area contributed by atoms with Crippen molar-refractivity contribution in [1.82, 2.24) is 4.90 Å². The third-order valence-corrected chi connectivity index (χ3v) is 10.4. The van der Waals surface area contributed by atoms with Crippen LogP contribution in [0.4, 0.5) is 0 Å². The van der Waals surface area contributed by atoms with E-state index in [0.29, 0.717) is 19.6 Å². The van der Waals surface area contributed by atoms with Gasteiger partial charge in [-0.2, -0.15) is 0 Å². The topological polar surface area (TPSA) is 66.8 Å². The van der Waals surface area contributed by atoms with E-state index < -0.39 is 26.4 Å². The fourth-order valence-corrected chi connectivity index (χ4v) is 4.24. The van der Waals surface area contributed by atoms with E-state index in [1.165, 1.54) is 0 Å². The zero-order valence-electron chi connectivity index (χ0n) is 16.4. The zero-order chi connectivity index (χ0) is 19.5. The number of likely N-dealkylation sites (tertiary alicyclic amines) is 1.